The predicted molar refractivity (Wildman–Crippen MR) is 111 cm³/mol. The fourth-order valence-corrected chi connectivity index (χ4v) is 3.94. The lowest BCUT2D eigenvalue weighted by Crippen LogP contribution is -2.37. The second-order valence-corrected chi connectivity index (χ2v) is 7.92. The number of benzene rings is 1. The zero-order valence-electron chi connectivity index (χ0n) is 15.5. The predicted octanol–water partition coefficient (Wildman–Crippen LogP) is 4.13. The lowest BCUT2D eigenvalue weighted by Gasteiger charge is -2.33. The molecule has 0 bridgehead atoms. The van der Waals surface area contributed by atoms with Crippen molar-refractivity contribution in [2.75, 3.05) is 18.0 Å². The van der Waals surface area contributed by atoms with E-state index in [9.17, 15) is 9.18 Å². The number of piperidine rings is 1. The van der Waals surface area contributed by atoms with Gasteiger partial charge in [-0.3, -0.25) is 14.3 Å². The number of pyridine rings is 1. The normalized spacial score (nSPS) is 15.0. The van der Waals surface area contributed by atoms with E-state index in [0.717, 1.165) is 36.6 Å². The summed E-state index contributed by atoms with van der Waals surface area (Å²) in [6.45, 7) is 1.59. The SMILES string of the molecule is Cn1c(N2CCC(c3ccc(Br)cc3)CC2)nc(-c2ccncc2F)cc1=O. The van der Waals surface area contributed by atoms with Gasteiger partial charge in [-0.2, -0.15) is 0 Å². The minimum absolute atomic E-state index is 0.203. The summed E-state index contributed by atoms with van der Waals surface area (Å²) in [6.07, 6.45) is 4.59. The van der Waals surface area contributed by atoms with Gasteiger partial charge in [0.1, 0.15) is 0 Å². The van der Waals surface area contributed by atoms with E-state index in [0.29, 0.717) is 23.1 Å². The van der Waals surface area contributed by atoms with Gasteiger partial charge >= 0.3 is 0 Å². The number of halogens is 2. The van der Waals surface area contributed by atoms with Crippen LogP contribution in [0.15, 0.2) is 58.1 Å². The number of hydrogen-bond acceptors (Lipinski definition) is 4. The van der Waals surface area contributed by atoms with Crippen molar-refractivity contribution in [3.8, 4) is 11.3 Å². The van der Waals surface area contributed by atoms with Gasteiger partial charge in [0.25, 0.3) is 5.56 Å². The summed E-state index contributed by atoms with van der Waals surface area (Å²) in [4.78, 5) is 22.9. The summed E-state index contributed by atoms with van der Waals surface area (Å²) < 4.78 is 16.7. The van der Waals surface area contributed by atoms with Gasteiger partial charge in [0.05, 0.1) is 11.9 Å². The monoisotopic (exact) mass is 442 g/mol. The first-order valence-electron chi connectivity index (χ1n) is 9.21. The van der Waals surface area contributed by atoms with E-state index in [1.54, 1.807) is 13.1 Å². The fraction of sp³-hybridized carbons (Fsp3) is 0.286. The Morgan fingerprint density at radius 3 is 2.54 bits per heavy atom. The molecular formula is C21H20BrFN4O. The van der Waals surface area contributed by atoms with Gasteiger partial charge in [-0.05, 0) is 42.5 Å². The Labute approximate surface area is 171 Å². The zero-order chi connectivity index (χ0) is 19.7. The molecule has 1 aliphatic rings. The van der Waals surface area contributed by atoms with Crippen molar-refractivity contribution in [3.05, 3.63) is 75.0 Å². The minimum atomic E-state index is -0.483. The van der Waals surface area contributed by atoms with Gasteiger partial charge in [0.2, 0.25) is 5.95 Å². The van der Waals surface area contributed by atoms with E-state index < -0.39 is 5.82 Å². The molecule has 1 fully saturated rings. The molecule has 3 heterocycles. The van der Waals surface area contributed by atoms with Crippen LogP contribution in [0, 0.1) is 5.82 Å². The Morgan fingerprint density at radius 2 is 1.86 bits per heavy atom. The van der Waals surface area contributed by atoms with Crippen LogP contribution in [0.2, 0.25) is 0 Å². The van der Waals surface area contributed by atoms with E-state index >= 15 is 0 Å². The largest absolute Gasteiger partial charge is 0.342 e. The van der Waals surface area contributed by atoms with Crippen molar-refractivity contribution in [1.29, 1.82) is 0 Å². The molecule has 0 saturated carbocycles. The third-order valence-corrected chi connectivity index (χ3v) is 5.81. The molecule has 0 unspecified atom stereocenters. The molecule has 0 radical (unpaired) electrons. The third-order valence-electron chi connectivity index (χ3n) is 5.28. The van der Waals surface area contributed by atoms with Crippen molar-refractivity contribution in [2.24, 2.45) is 7.05 Å². The maximum Gasteiger partial charge on any atom is 0.255 e. The average Bonchev–Trinajstić information content (AvgIpc) is 2.71. The summed E-state index contributed by atoms with van der Waals surface area (Å²) in [5, 5.41) is 0. The van der Waals surface area contributed by atoms with Crippen LogP contribution >= 0.6 is 15.9 Å². The van der Waals surface area contributed by atoms with Crippen molar-refractivity contribution in [2.45, 2.75) is 18.8 Å². The summed E-state index contributed by atoms with van der Waals surface area (Å²) in [7, 11) is 1.71. The van der Waals surface area contributed by atoms with Crippen LogP contribution in [0.4, 0.5) is 10.3 Å². The molecule has 2 aromatic heterocycles. The maximum absolute atomic E-state index is 14.1. The highest BCUT2D eigenvalue weighted by Crippen LogP contribution is 2.31. The average molecular weight is 443 g/mol. The standard InChI is InChI=1S/C21H20BrFN4O/c1-26-20(28)12-19(17-6-9-24-13-18(17)23)25-21(26)27-10-7-15(8-11-27)14-2-4-16(22)5-3-14/h2-6,9,12-13,15H,7-8,10-11H2,1H3. The molecule has 5 nitrogen and oxygen atoms in total. The molecule has 0 spiro atoms. The van der Waals surface area contributed by atoms with Crippen LogP contribution < -0.4 is 10.5 Å². The molecule has 28 heavy (non-hydrogen) atoms. The van der Waals surface area contributed by atoms with Gasteiger partial charge in [0, 0.05) is 42.4 Å². The molecule has 1 aromatic carbocycles. The highest BCUT2D eigenvalue weighted by Gasteiger charge is 2.24. The summed E-state index contributed by atoms with van der Waals surface area (Å²) in [5.41, 5.74) is 1.76. The Hall–Kier alpha value is -2.54. The van der Waals surface area contributed by atoms with E-state index in [1.807, 2.05) is 0 Å². The molecule has 0 aliphatic carbocycles. The Kier molecular flexibility index (Phi) is 5.26. The van der Waals surface area contributed by atoms with Crippen molar-refractivity contribution < 1.29 is 4.39 Å². The highest BCUT2D eigenvalue weighted by atomic mass is 79.9. The Bertz CT molecular complexity index is 1040. The Balaban J connectivity index is 1.59. The lowest BCUT2D eigenvalue weighted by atomic mass is 9.89. The molecule has 1 aliphatic heterocycles. The van der Waals surface area contributed by atoms with E-state index in [2.05, 4.69) is 55.1 Å². The van der Waals surface area contributed by atoms with Crippen LogP contribution in [0.3, 0.4) is 0 Å². The van der Waals surface area contributed by atoms with Crippen LogP contribution in [-0.4, -0.2) is 27.6 Å². The van der Waals surface area contributed by atoms with E-state index in [1.165, 1.54) is 22.4 Å². The molecule has 144 valence electrons. The van der Waals surface area contributed by atoms with Crippen LogP contribution in [0.25, 0.3) is 11.3 Å². The number of rotatable bonds is 3. The maximum atomic E-state index is 14.1. The van der Waals surface area contributed by atoms with Gasteiger partial charge in [-0.15, -0.1) is 0 Å². The lowest BCUT2D eigenvalue weighted by molar-refractivity contribution is 0.493. The highest BCUT2D eigenvalue weighted by molar-refractivity contribution is 9.10. The zero-order valence-corrected chi connectivity index (χ0v) is 17.1. The van der Waals surface area contributed by atoms with Crippen molar-refractivity contribution >= 4 is 21.9 Å². The van der Waals surface area contributed by atoms with Crippen LogP contribution in [0.5, 0.6) is 0 Å². The van der Waals surface area contributed by atoms with Gasteiger partial charge in [0.15, 0.2) is 5.82 Å². The third kappa shape index (κ3) is 3.71. The van der Waals surface area contributed by atoms with Crippen LogP contribution in [-0.2, 0) is 7.05 Å². The van der Waals surface area contributed by atoms with E-state index in [4.69, 9.17) is 0 Å². The summed E-state index contributed by atoms with van der Waals surface area (Å²) in [5.74, 6) is 0.582. The van der Waals surface area contributed by atoms with Crippen LogP contribution in [0.1, 0.15) is 24.3 Å². The number of anilines is 1. The first kappa shape index (κ1) is 18.8. The molecule has 4 rings (SSSR count). The molecule has 7 heteroatoms. The second kappa shape index (κ2) is 7.83. The van der Waals surface area contributed by atoms with E-state index in [-0.39, 0.29) is 5.56 Å². The topological polar surface area (TPSA) is 51.0 Å². The Morgan fingerprint density at radius 1 is 1.14 bits per heavy atom. The van der Waals surface area contributed by atoms with Gasteiger partial charge in [-0.1, -0.05) is 28.1 Å². The van der Waals surface area contributed by atoms with Gasteiger partial charge < -0.3 is 4.90 Å². The molecular weight excluding hydrogens is 423 g/mol. The number of aromatic nitrogens is 3. The smallest absolute Gasteiger partial charge is 0.255 e. The molecule has 0 N–H and O–H groups in total. The molecule has 0 amide bonds. The first-order chi connectivity index (χ1) is 13.5. The first-order valence-corrected chi connectivity index (χ1v) is 10.0. The van der Waals surface area contributed by atoms with Crippen molar-refractivity contribution in [1.82, 2.24) is 14.5 Å². The summed E-state index contributed by atoms with van der Waals surface area (Å²) in [6, 6.07) is 11.4. The second-order valence-electron chi connectivity index (χ2n) is 7.01. The van der Waals surface area contributed by atoms with Crippen molar-refractivity contribution in [3.63, 3.8) is 0 Å². The molecule has 3 aromatic rings. The quantitative estimate of drug-likeness (QED) is 0.611. The summed E-state index contributed by atoms with van der Waals surface area (Å²) >= 11 is 3.48. The number of nitrogens with zero attached hydrogens (tertiary/aromatic N) is 4. The fourth-order valence-electron chi connectivity index (χ4n) is 3.68. The minimum Gasteiger partial charge on any atom is -0.342 e. The molecule has 0 atom stereocenters. The number of hydrogen-bond donors (Lipinski definition) is 0. The van der Waals surface area contributed by atoms with Gasteiger partial charge in [-0.25, -0.2) is 9.37 Å². The molecule has 1 saturated heterocycles.